The van der Waals surface area contributed by atoms with Crippen LogP contribution in [0.25, 0.3) is 0 Å². The molecule has 0 amide bonds. The van der Waals surface area contributed by atoms with E-state index in [9.17, 15) is 0 Å². The highest BCUT2D eigenvalue weighted by Crippen LogP contribution is 2.21. The molecule has 1 atom stereocenters. The summed E-state index contributed by atoms with van der Waals surface area (Å²) in [5.74, 6) is 0. The molecule has 0 spiro atoms. The fourth-order valence-corrected chi connectivity index (χ4v) is 1.75. The molecule has 0 saturated carbocycles. The summed E-state index contributed by atoms with van der Waals surface area (Å²) in [7, 11) is 0. The summed E-state index contributed by atoms with van der Waals surface area (Å²) in [4.78, 5) is 0. The zero-order valence-electron chi connectivity index (χ0n) is 9.01. The molecule has 0 aliphatic heterocycles. The van der Waals surface area contributed by atoms with Gasteiger partial charge in [0.25, 0.3) is 0 Å². The van der Waals surface area contributed by atoms with Crippen LogP contribution in [0.1, 0.15) is 17.2 Å². The van der Waals surface area contributed by atoms with E-state index in [1.54, 1.807) is 0 Å². The van der Waals surface area contributed by atoms with Crippen LogP contribution in [0.15, 0.2) is 65.8 Å². The maximum atomic E-state index is 7.27. The molecule has 1 N–H and O–H groups in total. The van der Waals surface area contributed by atoms with Gasteiger partial charge in [-0.2, -0.15) is 5.11 Å². The van der Waals surface area contributed by atoms with Crippen LogP contribution in [0.5, 0.6) is 0 Å². The van der Waals surface area contributed by atoms with Gasteiger partial charge in [-0.3, -0.25) is 0 Å². The van der Waals surface area contributed by atoms with Crippen molar-refractivity contribution in [1.29, 1.82) is 5.53 Å². The lowest BCUT2D eigenvalue weighted by Gasteiger charge is -2.10. The highest BCUT2D eigenvalue weighted by atomic mass is 15.0. The first-order chi connectivity index (χ1) is 7.90. The Bertz CT molecular complexity index is 437. The average Bonchev–Trinajstić information content (AvgIpc) is 2.38. The predicted molar refractivity (Wildman–Crippen MR) is 64.5 cm³/mol. The van der Waals surface area contributed by atoms with Gasteiger partial charge in [-0.25, -0.2) is 5.53 Å². The van der Waals surface area contributed by atoms with E-state index in [-0.39, 0.29) is 6.04 Å². The maximum absolute atomic E-state index is 7.27. The van der Waals surface area contributed by atoms with Gasteiger partial charge in [-0.15, -0.1) is 0 Å². The van der Waals surface area contributed by atoms with Crippen molar-refractivity contribution in [2.75, 3.05) is 0 Å². The second-order valence-electron chi connectivity index (χ2n) is 3.75. The fraction of sp³-hybridized carbons (Fsp3) is 0.143. The quantitative estimate of drug-likeness (QED) is 0.740. The zero-order chi connectivity index (χ0) is 11.2. The Hall–Kier alpha value is -1.96. The van der Waals surface area contributed by atoms with E-state index >= 15 is 0 Å². The molecule has 1 unspecified atom stereocenters. The average molecular weight is 210 g/mol. The molecule has 0 aliphatic carbocycles. The van der Waals surface area contributed by atoms with E-state index in [1.165, 1.54) is 5.56 Å². The molecule has 2 rings (SSSR count). The molecule has 2 aromatic rings. The van der Waals surface area contributed by atoms with E-state index in [2.05, 4.69) is 17.2 Å². The molecule has 2 aromatic carbocycles. The van der Waals surface area contributed by atoms with Gasteiger partial charge in [0.1, 0.15) is 0 Å². The summed E-state index contributed by atoms with van der Waals surface area (Å²) in [5.41, 5.74) is 9.59. The van der Waals surface area contributed by atoms with E-state index in [4.69, 9.17) is 5.53 Å². The third-order valence-electron chi connectivity index (χ3n) is 2.61. The summed E-state index contributed by atoms with van der Waals surface area (Å²) in [6.07, 6.45) is 0.786. The zero-order valence-corrected chi connectivity index (χ0v) is 9.01. The molecule has 0 bridgehead atoms. The van der Waals surface area contributed by atoms with Gasteiger partial charge < -0.3 is 0 Å². The van der Waals surface area contributed by atoms with E-state index < -0.39 is 0 Å². The monoisotopic (exact) mass is 210 g/mol. The van der Waals surface area contributed by atoms with Crippen molar-refractivity contribution >= 4 is 0 Å². The van der Waals surface area contributed by atoms with Crippen molar-refractivity contribution in [3.05, 3.63) is 71.8 Å². The van der Waals surface area contributed by atoms with Crippen LogP contribution in [0.2, 0.25) is 0 Å². The minimum Gasteiger partial charge on any atom is -0.209 e. The lowest BCUT2D eigenvalue weighted by atomic mass is 10.00. The molecule has 2 nitrogen and oxygen atoms in total. The molecule has 0 fully saturated rings. The lowest BCUT2D eigenvalue weighted by molar-refractivity contribution is 0.663. The molecule has 80 valence electrons. The van der Waals surface area contributed by atoms with Gasteiger partial charge in [-0.1, -0.05) is 60.7 Å². The Kier molecular flexibility index (Phi) is 3.44. The van der Waals surface area contributed by atoms with Gasteiger partial charge in [0.05, 0.1) is 6.04 Å². The van der Waals surface area contributed by atoms with Crippen molar-refractivity contribution < 1.29 is 0 Å². The first-order valence-corrected chi connectivity index (χ1v) is 5.35. The van der Waals surface area contributed by atoms with Crippen LogP contribution >= 0.6 is 0 Å². The molecule has 2 heteroatoms. The highest BCUT2D eigenvalue weighted by molar-refractivity contribution is 5.23. The Morgan fingerprint density at radius 2 is 1.44 bits per heavy atom. The normalized spacial score (nSPS) is 12.0. The number of rotatable bonds is 4. The van der Waals surface area contributed by atoms with Crippen LogP contribution in [0.4, 0.5) is 0 Å². The van der Waals surface area contributed by atoms with Crippen LogP contribution in [0.3, 0.4) is 0 Å². The minimum atomic E-state index is -0.0661. The molecule has 0 saturated heterocycles. The van der Waals surface area contributed by atoms with Gasteiger partial charge in [0.15, 0.2) is 0 Å². The van der Waals surface area contributed by atoms with Crippen molar-refractivity contribution in [1.82, 2.24) is 0 Å². The number of nitrogens with one attached hydrogen (secondary N) is 1. The standard InChI is InChI=1S/C14H14N2/c15-16-14(13-9-5-2-6-10-13)11-12-7-3-1-4-8-12/h1-10,14-15H,11H2. The third-order valence-corrected chi connectivity index (χ3v) is 2.61. The Morgan fingerprint density at radius 1 is 0.875 bits per heavy atom. The number of benzene rings is 2. The third kappa shape index (κ3) is 2.54. The van der Waals surface area contributed by atoms with Gasteiger partial charge in [0, 0.05) is 6.42 Å². The SMILES string of the molecule is N=NC(Cc1ccccc1)c1ccccc1. The number of hydrogen-bond acceptors (Lipinski definition) is 2. The first-order valence-electron chi connectivity index (χ1n) is 5.35. The van der Waals surface area contributed by atoms with Crippen LogP contribution in [-0.4, -0.2) is 0 Å². The fourth-order valence-electron chi connectivity index (χ4n) is 1.75. The smallest absolute Gasteiger partial charge is 0.0995 e. The van der Waals surface area contributed by atoms with Crippen molar-refractivity contribution in [2.45, 2.75) is 12.5 Å². The molecule has 16 heavy (non-hydrogen) atoms. The summed E-state index contributed by atoms with van der Waals surface area (Å²) in [6.45, 7) is 0. The van der Waals surface area contributed by atoms with E-state index in [0.29, 0.717) is 0 Å². The second-order valence-corrected chi connectivity index (χ2v) is 3.75. The topological polar surface area (TPSA) is 36.2 Å². The van der Waals surface area contributed by atoms with Crippen LogP contribution < -0.4 is 0 Å². The Balaban J connectivity index is 2.16. The Morgan fingerprint density at radius 3 is 2.00 bits per heavy atom. The van der Waals surface area contributed by atoms with Crippen molar-refractivity contribution in [3.63, 3.8) is 0 Å². The molecule has 0 radical (unpaired) electrons. The second kappa shape index (κ2) is 5.21. The summed E-state index contributed by atoms with van der Waals surface area (Å²) in [5, 5.41) is 3.70. The van der Waals surface area contributed by atoms with Gasteiger partial charge >= 0.3 is 0 Å². The molecule has 0 aliphatic rings. The first kappa shape index (κ1) is 10.6. The minimum absolute atomic E-state index is 0.0661. The number of hydrogen-bond donors (Lipinski definition) is 1. The van der Waals surface area contributed by atoms with E-state index in [1.807, 2.05) is 48.5 Å². The predicted octanol–water partition coefficient (Wildman–Crippen LogP) is 4.00. The summed E-state index contributed by atoms with van der Waals surface area (Å²) in [6, 6.07) is 20.1. The van der Waals surface area contributed by atoms with Crippen LogP contribution in [-0.2, 0) is 6.42 Å². The summed E-state index contributed by atoms with van der Waals surface area (Å²) >= 11 is 0. The summed E-state index contributed by atoms with van der Waals surface area (Å²) < 4.78 is 0. The molecule has 0 aromatic heterocycles. The maximum Gasteiger partial charge on any atom is 0.0995 e. The Labute approximate surface area is 95.5 Å². The van der Waals surface area contributed by atoms with Gasteiger partial charge in [-0.05, 0) is 11.1 Å². The number of nitrogens with zero attached hydrogens (tertiary/aromatic N) is 1. The highest BCUT2D eigenvalue weighted by Gasteiger charge is 2.09. The largest absolute Gasteiger partial charge is 0.209 e. The van der Waals surface area contributed by atoms with E-state index in [0.717, 1.165) is 12.0 Å². The lowest BCUT2D eigenvalue weighted by Crippen LogP contribution is -1.98. The molecule has 0 heterocycles. The van der Waals surface area contributed by atoms with Crippen molar-refractivity contribution in [2.24, 2.45) is 5.11 Å². The van der Waals surface area contributed by atoms with Crippen molar-refractivity contribution in [3.8, 4) is 0 Å². The molecular formula is C14H14N2. The van der Waals surface area contributed by atoms with Crippen LogP contribution in [0, 0.1) is 5.53 Å². The molecular weight excluding hydrogens is 196 g/mol. The van der Waals surface area contributed by atoms with Gasteiger partial charge in [0.2, 0.25) is 0 Å².